The number of anilines is 1. The normalized spacial score (nSPS) is 12.4. The molecule has 0 fully saturated rings. The summed E-state index contributed by atoms with van der Waals surface area (Å²) in [5.41, 5.74) is 0.604. The maximum absolute atomic E-state index is 11.9. The topological polar surface area (TPSA) is 75.6 Å². The Hall–Kier alpha value is -2.14. The minimum absolute atomic E-state index is 0.132. The van der Waals surface area contributed by atoms with Crippen LogP contribution in [0.3, 0.4) is 0 Å². The molecule has 0 aliphatic heterocycles. The van der Waals surface area contributed by atoms with Gasteiger partial charge in [0.2, 0.25) is 0 Å². The van der Waals surface area contributed by atoms with Crippen LogP contribution in [-0.2, 0) is 9.53 Å². The Bertz CT molecular complexity index is 546. The van der Waals surface area contributed by atoms with Crippen LogP contribution in [0.5, 0.6) is 0 Å². The molecule has 0 heterocycles. The van der Waals surface area contributed by atoms with Gasteiger partial charge in [0.15, 0.2) is 5.78 Å². The van der Waals surface area contributed by atoms with Crippen molar-refractivity contribution in [3.8, 4) is 0 Å². The van der Waals surface area contributed by atoms with Gasteiger partial charge in [0.25, 0.3) is 0 Å². The zero-order chi connectivity index (χ0) is 16.8. The average molecular weight is 305 g/mol. The molecule has 1 aromatic rings. The van der Waals surface area contributed by atoms with Gasteiger partial charge in [-0.05, 0) is 38.5 Å². The number of carbonyl (C=O) groups excluding carboxylic acids is 2. The fourth-order valence-electron chi connectivity index (χ4n) is 1.98. The molecule has 0 saturated heterocycles. The van der Waals surface area contributed by atoms with Crippen molar-refractivity contribution < 1.29 is 19.4 Å². The number of hydrogen-bond donors (Lipinski definition) is 2. The number of hydrogen-bond acceptors (Lipinski definition) is 4. The number of nitrogens with one attached hydrogen (secondary N) is 1. The summed E-state index contributed by atoms with van der Waals surface area (Å²) in [6.45, 7) is 8.56. The van der Waals surface area contributed by atoms with Crippen molar-refractivity contribution in [2.24, 2.45) is 0 Å². The summed E-state index contributed by atoms with van der Waals surface area (Å²) in [5.74, 6) is -0.567. The molecular formula is C17H23NO4. The Labute approximate surface area is 131 Å². The van der Waals surface area contributed by atoms with E-state index in [1.165, 1.54) is 6.08 Å². The first-order chi connectivity index (χ1) is 10.3. The van der Waals surface area contributed by atoms with Crippen molar-refractivity contribution >= 4 is 17.6 Å². The second kappa shape index (κ2) is 7.75. The second-order valence-corrected chi connectivity index (χ2v) is 5.97. The Morgan fingerprint density at radius 3 is 2.55 bits per heavy atom. The molecule has 1 aromatic carbocycles. The molecule has 120 valence electrons. The zero-order valence-electron chi connectivity index (χ0n) is 13.3. The first-order valence-corrected chi connectivity index (χ1v) is 7.12. The molecule has 5 nitrogen and oxygen atoms in total. The number of aliphatic hydroxyl groups is 1. The maximum atomic E-state index is 11.9. The highest BCUT2D eigenvalue weighted by Crippen LogP contribution is 2.27. The summed E-state index contributed by atoms with van der Waals surface area (Å²) < 4.78 is 5.22. The molecule has 1 atom stereocenters. The van der Waals surface area contributed by atoms with Crippen molar-refractivity contribution in [2.45, 2.75) is 38.7 Å². The number of benzene rings is 1. The van der Waals surface area contributed by atoms with Crippen LogP contribution in [-0.4, -0.2) is 29.2 Å². The van der Waals surface area contributed by atoms with E-state index in [4.69, 9.17) is 4.74 Å². The quantitative estimate of drug-likeness (QED) is 0.791. The van der Waals surface area contributed by atoms with Crippen molar-refractivity contribution in [2.75, 3.05) is 11.9 Å². The minimum Gasteiger partial charge on any atom is -0.444 e. The molecule has 0 bridgehead atoms. The third-order valence-corrected chi connectivity index (χ3v) is 2.93. The smallest absolute Gasteiger partial charge is 0.412 e. The van der Waals surface area contributed by atoms with E-state index in [1.807, 2.05) is 0 Å². The maximum Gasteiger partial charge on any atom is 0.412 e. The van der Waals surface area contributed by atoms with Gasteiger partial charge in [-0.3, -0.25) is 10.1 Å². The summed E-state index contributed by atoms with van der Waals surface area (Å²) in [4.78, 5) is 23.4. The number of ketones is 1. The standard InChI is InChI=1S/C17H23NO4/c1-5-13(20)10-12(11-19)14-8-6-7-9-15(14)18-16(21)22-17(2,3)4/h5-9,12,19H,1,10-11H2,2-4H3,(H,18,21). The zero-order valence-corrected chi connectivity index (χ0v) is 13.3. The molecule has 5 heteroatoms. The van der Waals surface area contributed by atoms with Gasteiger partial charge in [-0.25, -0.2) is 4.79 Å². The molecule has 0 saturated carbocycles. The third kappa shape index (κ3) is 5.69. The molecule has 2 N–H and O–H groups in total. The summed E-state index contributed by atoms with van der Waals surface area (Å²) >= 11 is 0. The van der Waals surface area contributed by atoms with Crippen LogP contribution < -0.4 is 5.32 Å². The van der Waals surface area contributed by atoms with Gasteiger partial charge in [0, 0.05) is 18.0 Å². The van der Waals surface area contributed by atoms with E-state index >= 15 is 0 Å². The SMILES string of the molecule is C=CC(=O)CC(CO)c1ccccc1NC(=O)OC(C)(C)C. The van der Waals surface area contributed by atoms with E-state index in [9.17, 15) is 14.7 Å². The second-order valence-electron chi connectivity index (χ2n) is 5.97. The first-order valence-electron chi connectivity index (χ1n) is 7.12. The highest BCUT2D eigenvalue weighted by molar-refractivity contribution is 5.90. The fraction of sp³-hybridized carbons (Fsp3) is 0.412. The molecule has 1 amide bonds. The lowest BCUT2D eigenvalue weighted by Gasteiger charge is -2.22. The molecule has 1 rings (SSSR count). The predicted octanol–water partition coefficient (Wildman–Crippen LogP) is 3.25. The van der Waals surface area contributed by atoms with E-state index in [-0.39, 0.29) is 18.8 Å². The number of rotatable bonds is 6. The summed E-state index contributed by atoms with van der Waals surface area (Å²) in [5, 5.41) is 12.2. The van der Waals surface area contributed by atoms with Gasteiger partial charge in [0.1, 0.15) is 5.60 Å². The van der Waals surface area contributed by atoms with E-state index in [2.05, 4.69) is 11.9 Å². The Kier molecular flexibility index (Phi) is 6.31. The monoisotopic (exact) mass is 305 g/mol. The van der Waals surface area contributed by atoms with Crippen molar-refractivity contribution in [1.29, 1.82) is 0 Å². The van der Waals surface area contributed by atoms with E-state index < -0.39 is 17.6 Å². The lowest BCUT2D eigenvalue weighted by atomic mass is 9.93. The summed E-state index contributed by atoms with van der Waals surface area (Å²) in [6, 6.07) is 7.03. The number of ether oxygens (including phenoxy) is 1. The summed E-state index contributed by atoms with van der Waals surface area (Å²) in [6.07, 6.45) is 0.784. The molecular weight excluding hydrogens is 282 g/mol. The van der Waals surface area contributed by atoms with E-state index in [0.717, 1.165) is 0 Å². The highest BCUT2D eigenvalue weighted by Gasteiger charge is 2.20. The van der Waals surface area contributed by atoms with Crippen molar-refractivity contribution in [3.05, 3.63) is 42.5 Å². The summed E-state index contributed by atoms with van der Waals surface area (Å²) in [7, 11) is 0. The fourth-order valence-corrected chi connectivity index (χ4v) is 1.98. The van der Waals surface area contributed by atoms with Crippen LogP contribution >= 0.6 is 0 Å². The first kappa shape index (κ1) is 17.9. The number of carbonyl (C=O) groups is 2. The van der Waals surface area contributed by atoms with Crippen molar-refractivity contribution in [3.63, 3.8) is 0 Å². The van der Waals surface area contributed by atoms with Crippen LogP contribution in [0.25, 0.3) is 0 Å². The number of amides is 1. The molecule has 0 spiro atoms. The van der Waals surface area contributed by atoms with Crippen molar-refractivity contribution in [1.82, 2.24) is 0 Å². The van der Waals surface area contributed by atoms with Gasteiger partial charge in [0.05, 0.1) is 6.61 Å². The van der Waals surface area contributed by atoms with Crippen LogP contribution in [0.4, 0.5) is 10.5 Å². The molecule has 22 heavy (non-hydrogen) atoms. The minimum atomic E-state index is -0.603. The number of allylic oxidation sites excluding steroid dienone is 1. The lowest BCUT2D eigenvalue weighted by Crippen LogP contribution is -2.27. The van der Waals surface area contributed by atoms with Crippen LogP contribution in [0, 0.1) is 0 Å². The van der Waals surface area contributed by atoms with Crippen LogP contribution in [0.2, 0.25) is 0 Å². The highest BCUT2D eigenvalue weighted by atomic mass is 16.6. The predicted molar refractivity (Wildman–Crippen MR) is 85.9 cm³/mol. The van der Waals surface area contributed by atoms with Crippen LogP contribution in [0.1, 0.15) is 38.7 Å². The van der Waals surface area contributed by atoms with E-state index in [0.29, 0.717) is 11.3 Å². The Morgan fingerprint density at radius 2 is 2.00 bits per heavy atom. The third-order valence-electron chi connectivity index (χ3n) is 2.93. The van der Waals surface area contributed by atoms with Gasteiger partial charge in [-0.1, -0.05) is 24.8 Å². The number of para-hydroxylation sites is 1. The molecule has 0 aliphatic rings. The van der Waals surface area contributed by atoms with E-state index in [1.54, 1.807) is 45.0 Å². The molecule has 0 radical (unpaired) electrons. The van der Waals surface area contributed by atoms with Gasteiger partial charge >= 0.3 is 6.09 Å². The van der Waals surface area contributed by atoms with Gasteiger partial charge < -0.3 is 9.84 Å². The van der Waals surface area contributed by atoms with Gasteiger partial charge in [-0.15, -0.1) is 0 Å². The lowest BCUT2D eigenvalue weighted by molar-refractivity contribution is -0.115. The number of aliphatic hydroxyl groups excluding tert-OH is 1. The molecule has 0 aliphatic carbocycles. The van der Waals surface area contributed by atoms with Gasteiger partial charge in [-0.2, -0.15) is 0 Å². The largest absolute Gasteiger partial charge is 0.444 e. The molecule has 1 unspecified atom stereocenters. The molecule has 0 aromatic heterocycles. The van der Waals surface area contributed by atoms with Crippen LogP contribution in [0.15, 0.2) is 36.9 Å². The Morgan fingerprint density at radius 1 is 1.36 bits per heavy atom. The average Bonchev–Trinajstić information content (AvgIpc) is 2.43. The Balaban J connectivity index is 2.95.